The highest BCUT2D eigenvalue weighted by molar-refractivity contribution is 7.98. The van der Waals surface area contributed by atoms with Crippen molar-refractivity contribution in [3.05, 3.63) is 59.7 Å². The van der Waals surface area contributed by atoms with Gasteiger partial charge in [-0.25, -0.2) is 13.6 Å². The maximum absolute atomic E-state index is 11.5. The van der Waals surface area contributed by atoms with E-state index in [1.165, 1.54) is 34.4 Å². The lowest BCUT2D eigenvalue weighted by Crippen LogP contribution is -2.11. The van der Waals surface area contributed by atoms with Crippen molar-refractivity contribution in [2.75, 3.05) is 6.26 Å². The van der Waals surface area contributed by atoms with Crippen LogP contribution in [0.25, 0.3) is 11.1 Å². The number of hydrogen-bond donors (Lipinski definition) is 1. The van der Waals surface area contributed by atoms with Crippen molar-refractivity contribution in [3.63, 3.8) is 0 Å². The van der Waals surface area contributed by atoms with Gasteiger partial charge in [-0.3, -0.25) is 0 Å². The van der Waals surface area contributed by atoms with Gasteiger partial charge in [-0.1, -0.05) is 24.3 Å². The first-order valence-corrected chi connectivity index (χ1v) is 11.2. The van der Waals surface area contributed by atoms with Gasteiger partial charge in [-0.05, 0) is 83.9 Å². The molecule has 0 atom stereocenters. The molecular formula is C20H21NO2S2. The summed E-state index contributed by atoms with van der Waals surface area (Å²) in [6, 6.07) is 15.8. The predicted molar refractivity (Wildman–Crippen MR) is 104 cm³/mol. The van der Waals surface area contributed by atoms with Crippen molar-refractivity contribution < 1.29 is 8.42 Å². The molecule has 0 radical (unpaired) electrons. The third-order valence-corrected chi connectivity index (χ3v) is 7.07. The number of nitrogens with two attached hydrogens (primary N) is 1. The highest BCUT2D eigenvalue weighted by Crippen LogP contribution is 2.63. The first kappa shape index (κ1) is 16.9. The number of allylic oxidation sites excluding steroid dienone is 2. The molecule has 0 saturated heterocycles. The van der Waals surface area contributed by atoms with E-state index >= 15 is 0 Å². The van der Waals surface area contributed by atoms with Crippen LogP contribution < -0.4 is 5.14 Å². The summed E-state index contributed by atoms with van der Waals surface area (Å²) in [5.41, 5.74) is 5.61. The third kappa shape index (κ3) is 3.28. The Labute approximate surface area is 153 Å². The van der Waals surface area contributed by atoms with E-state index in [-0.39, 0.29) is 4.90 Å². The molecule has 2 aliphatic carbocycles. The first-order chi connectivity index (χ1) is 11.9. The number of rotatable bonds is 4. The molecule has 1 saturated carbocycles. The average molecular weight is 372 g/mol. The van der Waals surface area contributed by atoms with E-state index in [1.807, 2.05) is 12.1 Å². The number of hydrogen-bond acceptors (Lipinski definition) is 3. The summed E-state index contributed by atoms with van der Waals surface area (Å²) in [5, 5.41) is 5.22. The molecule has 0 bridgehead atoms. The molecular weight excluding hydrogens is 350 g/mol. The Balaban J connectivity index is 1.75. The van der Waals surface area contributed by atoms with Gasteiger partial charge in [0.25, 0.3) is 0 Å². The minimum absolute atomic E-state index is 0.168. The molecule has 0 heterocycles. The molecule has 0 aliphatic heterocycles. The Hall–Kier alpha value is -1.56. The summed E-state index contributed by atoms with van der Waals surface area (Å²) in [7, 11) is -3.65. The van der Waals surface area contributed by atoms with Gasteiger partial charge in [0.2, 0.25) is 10.0 Å². The van der Waals surface area contributed by atoms with Crippen molar-refractivity contribution in [1.82, 2.24) is 0 Å². The summed E-state index contributed by atoms with van der Waals surface area (Å²) in [6.07, 6.45) is 6.87. The second-order valence-electron chi connectivity index (χ2n) is 7.11. The quantitative estimate of drug-likeness (QED) is 0.803. The lowest BCUT2D eigenvalue weighted by atomic mass is 9.97. The van der Waals surface area contributed by atoms with Gasteiger partial charge in [0, 0.05) is 4.90 Å². The zero-order chi connectivity index (χ0) is 17.7. The summed E-state index contributed by atoms with van der Waals surface area (Å²) in [4.78, 5) is 1.43. The van der Waals surface area contributed by atoms with Crippen molar-refractivity contribution in [1.29, 1.82) is 0 Å². The second-order valence-corrected chi connectivity index (χ2v) is 9.55. The fourth-order valence-corrected chi connectivity index (χ4v) is 4.67. The molecule has 0 unspecified atom stereocenters. The van der Waals surface area contributed by atoms with E-state index in [0.29, 0.717) is 5.41 Å². The molecule has 0 aromatic heterocycles. The van der Waals surface area contributed by atoms with Crippen molar-refractivity contribution >= 4 is 32.9 Å². The van der Waals surface area contributed by atoms with Crippen LogP contribution in [0.1, 0.15) is 36.8 Å². The molecule has 0 amide bonds. The Morgan fingerprint density at radius 1 is 0.880 bits per heavy atom. The van der Waals surface area contributed by atoms with Crippen LogP contribution in [0.3, 0.4) is 0 Å². The predicted octanol–water partition coefficient (Wildman–Crippen LogP) is 4.54. The standard InChI is InChI=1S/C20H21NO2S2/c1-24-16-6-2-14(3-7-16)18-12-20(10-11-20)13-19(18)15-4-8-17(9-5-15)25(21,22)23/h2-9H,10-13H2,1H3,(H2,21,22,23). The van der Waals surface area contributed by atoms with Crippen LogP contribution >= 0.6 is 11.8 Å². The van der Waals surface area contributed by atoms with Gasteiger partial charge in [0.1, 0.15) is 0 Å². The van der Waals surface area contributed by atoms with Gasteiger partial charge in [0.05, 0.1) is 4.90 Å². The van der Waals surface area contributed by atoms with E-state index in [0.717, 1.165) is 18.4 Å². The fourth-order valence-electron chi connectivity index (χ4n) is 3.75. The molecule has 4 rings (SSSR count). The van der Waals surface area contributed by atoms with E-state index in [4.69, 9.17) is 5.14 Å². The van der Waals surface area contributed by atoms with Crippen LogP contribution in [0.15, 0.2) is 58.3 Å². The van der Waals surface area contributed by atoms with Crippen LogP contribution in [0.5, 0.6) is 0 Å². The fraction of sp³-hybridized carbons (Fsp3) is 0.300. The number of thioether (sulfide) groups is 1. The van der Waals surface area contributed by atoms with Gasteiger partial charge in [0.15, 0.2) is 0 Å². The van der Waals surface area contributed by atoms with E-state index in [2.05, 4.69) is 30.5 Å². The van der Waals surface area contributed by atoms with E-state index in [9.17, 15) is 8.42 Å². The van der Waals surface area contributed by atoms with E-state index in [1.54, 1.807) is 23.9 Å². The van der Waals surface area contributed by atoms with Crippen LogP contribution in [0.2, 0.25) is 0 Å². The zero-order valence-electron chi connectivity index (χ0n) is 14.2. The SMILES string of the molecule is CSc1ccc(C2=C(c3ccc(S(N)(=O)=O)cc3)CC3(CC3)C2)cc1. The second kappa shape index (κ2) is 6.01. The molecule has 2 aliphatic rings. The first-order valence-electron chi connectivity index (χ1n) is 8.40. The minimum Gasteiger partial charge on any atom is -0.225 e. The molecule has 2 aromatic rings. The highest BCUT2D eigenvalue weighted by Gasteiger charge is 2.48. The molecule has 25 heavy (non-hydrogen) atoms. The topological polar surface area (TPSA) is 60.2 Å². The smallest absolute Gasteiger partial charge is 0.225 e. The summed E-state index contributed by atoms with van der Waals surface area (Å²) >= 11 is 1.75. The van der Waals surface area contributed by atoms with Gasteiger partial charge in [-0.2, -0.15) is 0 Å². The Bertz CT molecular complexity index is 938. The highest BCUT2D eigenvalue weighted by atomic mass is 32.2. The van der Waals surface area contributed by atoms with Crippen molar-refractivity contribution in [2.45, 2.75) is 35.5 Å². The van der Waals surface area contributed by atoms with Crippen LogP contribution in [0, 0.1) is 5.41 Å². The number of benzene rings is 2. The van der Waals surface area contributed by atoms with Gasteiger partial charge in [-0.15, -0.1) is 11.8 Å². The average Bonchev–Trinajstić information content (AvgIpc) is 3.25. The van der Waals surface area contributed by atoms with Gasteiger partial charge < -0.3 is 0 Å². The Morgan fingerprint density at radius 2 is 1.36 bits per heavy atom. The lowest BCUT2D eigenvalue weighted by molar-refractivity contribution is 0.568. The van der Waals surface area contributed by atoms with Crippen LogP contribution in [-0.4, -0.2) is 14.7 Å². The summed E-state index contributed by atoms with van der Waals surface area (Å²) in [6.45, 7) is 0. The van der Waals surface area contributed by atoms with Crippen molar-refractivity contribution in [3.8, 4) is 0 Å². The normalized spacial score (nSPS) is 18.8. The molecule has 2 aromatic carbocycles. The molecule has 5 heteroatoms. The molecule has 130 valence electrons. The molecule has 1 fully saturated rings. The van der Waals surface area contributed by atoms with Crippen LogP contribution in [-0.2, 0) is 10.0 Å². The Morgan fingerprint density at radius 3 is 1.76 bits per heavy atom. The number of primary sulfonamides is 1. The molecule has 2 N–H and O–H groups in total. The summed E-state index contributed by atoms with van der Waals surface area (Å²) < 4.78 is 23.0. The zero-order valence-corrected chi connectivity index (χ0v) is 15.8. The van der Waals surface area contributed by atoms with Crippen LogP contribution in [0.4, 0.5) is 0 Å². The maximum atomic E-state index is 11.5. The molecule has 3 nitrogen and oxygen atoms in total. The van der Waals surface area contributed by atoms with Crippen molar-refractivity contribution in [2.24, 2.45) is 10.6 Å². The molecule has 1 spiro atoms. The largest absolute Gasteiger partial charge is 0.238 e. The number of sulfonamides is 1. The third-order valence-electron chi connectivity index (χ3n) is 5.39. The Kier molecular flexibility index (Phi) is 4.06. The lowest BCUT2D eigenvalue weighted by Gasteiger charge is -2.09. The summed E-state index contributed by atoms with van der Waals surface area (Å²) in [5.74, 6) is 0. The van der Waals surface area contributed by atoms with E-state index < -0.39 is 10.0 Å². The van der Waals surface area contributed by atoms with Gasteiger partial charge >= 0.3 is 0 Å². The minimum atomic E-state index is -3.65. The monoisotopic (exact) mass is 371 g/mol. The maximum Gasteiger partial charge on any atom is 0.238 e.